The van der Waals surface area contributed by atoms with Crippen LogP contribution in [0.15, 0.2) is 102 Å². The third kappa shape index (κ3) is 19.5. The van der Waals surface area contributed by atoms with E-state index in [0.29, 0.717) is 121 Å². The molecule has 478 valence electrons. The Kier molecular flexibility index (Phi) is 25.2. The van der Waals surface area contributed by atoms with Gasteiger partial charge in [0.05, 0.1) is 42.6 Å². The number of nitrogens with zero attached hydrogens (tertiary/aromatic N) is 9. The number of hydrogen-bond acceptors (Lipinski definition) is 15. The van der Waals surface area contributed by atoms with Gasteiger partial charge in [-0.05, 0) is 121 Å². The highest BCUT2D eigenvalue weighted by Crippen LogP contribution is 2.32. The molecule has 88 heavy (non-hydrogen) atoms. The number of H-pyrrole nitrogens is 1. The van der Waals surface area contributed by atoms with E-state index in [-0.39, 0.29) is 60.5 Å². The molecular weight excluding hydrogens is 1140 g/mol. The van der Waals surface area contributed by atoms with Gasteiger partial charge in [-0.3, -0.25) is 34.0 Å². The Bertz CT molecular complexity index is 3090. The number of methoxy groups -OCH3 is 1. The topological polar surface area (TPSA) is 236 Å². The van der Waals surface area contributed by atoms with Crippen molar-refractivity contribution in [3.63, 3.8) is 0 Å². The van der Waals surface area contributed by atoms with Crippen LogP contribution in [0.25, 0.3) is 11.0 Å². The van der Waals surface area contributed by atoms with E-state index in [4.69, 9.17) is 31.5 Å². The summed E-state index contributed by atoms with van der Waals surface area (Å²) in [5.74, 6) is 1.49. The van der Waals surface area contributed by atoms with Crippen molar-refractivity contribution >= 4 is 64.9 Å². The summed E-state index contributed by atoms with van der Waals surface area (Å²) in [7, 11) is 1.58. The summed E-state index contributed by atoms with van der Waals surface area (Å²) in [4.78, 5) is 90.3. The standard InChI is InChI=1S/C63H86ClN13O8.C3H8/c1-8-84-54-38-51(83-7)19-16-49(54)41-76(61(82)85-62(3,4)5)42-56(79)75-28-10-13-48(40-75)46-11-9-12-47(37-46)59(80)68-26-20-44(2)39-77(66-6)30-23-55(78)73-35-33-72(34-36-73)29-22-53(45-14-17-50(64)18-15-45)71-60(81)63(65)24-31-74(32-25-63)58-52-21-27-67-57(52)69-43-70-58;1-3-2/h9,11-12,14-17,19,21,27,37-39,43,48,50,53H,6,8,10,13,18,20,22-26,28-36,40-42,65H2,1-5,7H3,(H,68,80)(H,71,81)(H,67,69,70);3H2,1-2H3/b44-39+;. The highest BCUT2D eigenvalue weighted by atomic mass is 35.5. The number of rotatable bonds is 24. The van der Waals surface area contributed by atoms with Crippen LogP contribution < -0.4 is 30.7 Å². The van der Waals surface area contributed by atoms with Gasteiger partial charge in [-0.2, -0.15) is 5.10 Å². The lowest BCUT2D eigenvalue weighted by Gasteiger charge is -2.40. The number of halogens is 1. The Morgan fingerprint density at radius 3 is 2.43 bits per heavy atom. The van der Waals surface area contributed by atoms with Gasteiger partial charge in [-0.15, -0.1) is 11.6 Å². The number of hydrogen-bond donors (Lipinski definition) is 4. The first-order chi connectivity index (χ1) is 42.2. The van der Waals surface area contributed by atoms with Crippen LogP contribution in [0.3, 0.4) is 0 Å². The number of hydrazone groups is 1. The largest absolute Gasteiger partial charge is 0.497 e. The number of allylic oxidation sites excluding steroid dienone is 2. The molecule has 4 aliphatic rings. The molecule has 5 heterocycles. The molecule has 0 radical (unpaired) electrons. The number of nitrogens with two attached hydrogens (primary N) is 1. The molecule has 3 saturated heterocycles. The fourth-order valence-electron chi connectivity index (χ4n) is 11.3. The van der Waals surface area contributed by atoms with Crippen molar-refractivity contribution in [2.24, 2.45) is 10.8 Å². The summed E-state index contributed by atoms with van der Waals surface area (Å²) >= 11 is 6.42. The number of aromatic amines is 1. The first-order valence-corrected chi connectivity index (χ1v) is 31.7. The van der Waals surface area contributed by atoms with Crippen molar-refractivity contribution in [1.29, 1.82) is 0 Å². The third-order valence-corrected chi connectivity index (χ3v) is 16.5. The lowest BCUT2D eigenvalue weighted by molar-refractivity contribution is -0.134. The lowest BCUT2D eigenvalue weighted by atomic mass is 9.86. The van der Waals surface area contributed by atoms with Gasteiger partial charge in [-0.25, -0.2) is 14.8 Å². The number of nitrogens with one attached hydrogen (secondary N) is 3. The van der Waals surface area contributed by atoms with Crippen LogP contribution in [-0.2, 0) is 25.7 Å². The molecule has 2 aromatic carbocycles. The van der Waals surface area contributed by atoms with Gasteiger partial charge < -0.3 is 50.3 Å². The van der Waals surface area contributed by atoms with Gasteiger partial charge in [0.25, 0.3) is 5.91 Å². The minimum absolute atomic E-state index is 0.00516. The van der Waals surface area contributed by atoms with Crippen molar-refractivity contribution in [3.8, 4) is 11.5 Å². The third-order valence-electron chi connectivity index (χ3n) is 16.2. The summed E-state index contributed by atoms with van der Waals surface area (Å²) in [5, 5.41) is 13.1. The van der Waals surface area contributed by atoms with E-state index in [9.17, 15) is 24.0 Å². The molecule has 4 aromatic rings. The highest BCUT2D eigenvalue weighted by molar-refractivity contribution is 6.22. The molecule has 2 aromatic heterocycles. The summed E-state index contributed by atoms with van der Waals surface area (Å²) in [5.41, 5.74) is 10.0. The van der Waals surface area contributed by atoms with Gasteiger partial charge in [0.1, 0.15) is 41.4 Å². The molecule has 8 rings (SSSR count). The molecule has 3 fully saturated rings. The van der Waals surface area contributed by atoms with Gasteiger partial charge >= 0.3 is 6.09 Å². The molecule has 1 aliphatic carbocycles. The maximum atomic E-state index is 14.0. The average Bonchev–Trinajstić information content (AvgIpc) is 3.21. The Morgan fingerprint density at radius 1 is 0.977 bits per heavy atom. The number of amides is 5. The van der Waals surface area contributed by atoms with Gasteiger partial charge in [0.15, 0.2) is 0 Å². The smallest absolute Gasteiger partial charge is 0.411 e. The zero-order valence-corrected chi connectivity index (χ0v) is 53.8. The molecule has 5 amide bonds. The Hall–Kier alpha value is -7.49. The summed E-state index contributed by atoms with van der Waals surface area (Å²) < 4.78 is 17.0. The maximum absolute atomic E-state index is 14.0. The number of carbonyl (C=O) groups is 5. The molecule has 21 nitrogen and oxygen atoms in total. The van der Waals surface area contributed by atoms with Crippen LogP contribution in [-0.4, -0.2) is 191 Å². The second kappa shape index (κ2) is 32.7. The Labute approximate surface area is 525 Å². The number of likely N-dealkylation sites (tertiary alicyclic amines) is 1. The number of alkyl halides is 1. The zero-order chi connectivity index (χ0) is 63.4. The summed E-state index contributed by atoms with van der Waals surface area (Å²) in [6.07, 6.45) is 16.7. The normalized spacial score (nSPS) is 18.3. The van der Waals surface area contributed by atoms with Crippen LogP contribution >= 0.6 is 11.6 Å². The van der Waals surface area contributed by atoms with Crippen molar-refractivity contribution in [3.05, 3.63) is 113 Å². The molecule has 3 unspecified atom stereocenters. The average molecular weight is 1230 g/mol. The minimum atomic E-state index is -1.03. The van der Waals surface area contributed by atoms with Gasteiger partial charge in [-0.1, -0.05) is 56.2 Å². The highest BCUT2D eigenvalue weighted by Gasteiger charge is 2.40. The molecule has 3 aliphatic heterocycles. The minimum Gasteiger partial charge on any atom is -0.497 e. The van der Waals surface area contributed by atoms with Crippen molar-refractivity contribution < 1.29 is 38.2 Å². The molecule has 0 saturated carbocycles. The molecule has 22 heteroatoms. The fraction of sp³-hybridized carbons (Fsp3) is 0.545. The van der Waals surface area contributed by atoms with E-state index in [1.807, 2.05) is 73.6 Å². The number of aromatic nitrogens is 3. The molecule has 0 bridgehead atoms. The lowest BCUT2D eigenvalue weighted by Crippen LogP contribution is -2.61. The van der Waals surface area contributed by atoms with Crippen LogP contribution in [0.5, 0.6) is 11.5 Å². The first kappa shape index (κ1) is 68.0. The van der Waals surface area contributed by atoms with Crippen LogP contribution in [0.1, 0.15) is 134 Å². The van der Waals surface area contributed by atoms with Gasteiger partial charge in [0, 0.05) is 121 Å². The van der Waals surface area contributed by atoms with E-state index in [1.54, 1.807) is 62.3 Å². The second-order valence-corrected chi connectivity index (χ2v) is 24.8. The zero-order valence-electron chi connectivity index (χ0n) is 53.0. The Morgan fingerprint density at radius 2 is 1.74 bits per heavy atom. The van der Waals surface area contributed by atoms with E-state index >= 15 is 0 Å². The number of piperazine rings is 1. The summed E-state index contributed by atoms with van der Waals surface area (Å²) in [6, 6.07) is 14.7. The predicted molar refractivity (Wildman–Crippen MR) is 347 cm³/mol. The van der Waals surface area contributed by atoms with Crippen molar-refractivity contribution in [2.45, 2.75) is 141 Å². The van der Waals surface area contributed by atoms with E-state index < -0.39 is 17.2 Å². The van der Waals surface area contributed by atoms with Gasteiger partial charge in [0.2, 0.25) is 17.7 Å². The van der Waals surface area contributed by atoms with E-state index in [2.05, 4.69) is 67.1 Å². The van der Waals surface area contributed by atoms with Crippen LogP contribution in [0.2, 0.25) is 0 Å². The van der Waals surface area contributed by atoms with E-state index in [1.165, 1.54) is 11.3 Å². The number of benzene rings is 2. The fourth-order valence-corrected chi connectivity index (χ4v) is 11.5. The number of piperidine rings is 2. The number of carbonyl (C=O) groups excluding carboxylic acids is 5. The van der Waals surface area contributed by atoms with Crippen LogP contribution in [0, 0.1) is 0 Å². The number of anilines is 1. The second-order valence-electron chi connectivity index (χ2n) is 24.2. The molecular formula is C66H94ClN13O8. The number of fused-ring (bicyclic) bond motifs is 1. The predicted octanol–water partition coefficient (Wildman–Crippen LogP) is 8.77. The quantitative estimate of drug-likeness (QED) is 0.0292. The molecule has 3 atom stereocenters. The van der Waals surface area contributed by atoms with Crippen molar-refractivity contribution in [1.82, 2.24) is 50.2 Å². The molecule has 5 N–H and O–H groups in total. The first-order valence-electron chi connectivity index (χ1n) is 31.2. The number of ether oxygens (including phenoxy) is 3. The van der Waals surface area contributed by atoms with E-state index in [0.717, 1.165) is 58.5 Å². The molecule has 0 spiro atoms. The monoisotopic (exact) mass is 1230 g/mol. The maximum Gasteiger partial charge on any atom is 0.411 e. The van der Waals surface area contributed by atoms with Crippen LogP contribution in [0.4, 0.5) is 10.6 Å². The van der Waals surface area contributed by atoms with Crippen molar-refractivity contribution in [2.75, 3.05) is 97.2 Å². The summed E-state index contributed by atoms with van der Waals surface area (Å²) in [6.45, 7) is 23.8. The Balaban J connectivity index is 0.00000361. The SMILES string of the molecule is C=NN(/C=C(\C)CCNC(=O)c1cccc(C2CCCN(C(=O)CN(Cc3ccc(OC)cc3OCC)C(=O)OC(C)(C)C)C2)c1)CCC(=O)N1CCN(CCC(NC(=O)C2(N)CCN(c3ncnc4[nH]ccc34)CC2)C2=CCC(Cl)C=C2)CC1.CCC.